The Kier molecular flexibility index (Phi) is 10.9. The van der Waals surface area contributed by atoms with E-state index in [4.69, 9.17) is 5.11 Å². The van der Waals surface area contributed by atoms with Crippen molar-refractivity contribution in [3.8, 4) is 0 Å². The molecule has 0 fully saturated rings. The molecule has 3 N–H and O–H groups in total. The van der Waals surface area contributed by atoms with Gasteiger partial charge in [0, 0.05) is 6.08 Å². The van der Waals surface area contributed by atoms with Gasteiger partial charge in [0.2, 0.25) is 0 Å². The fourth-order valence-corrected chi connectivity index (χ4v) is 1.10. The van der Waals surface area contributed by atoms with Gasteiger partial charge in [0.15, 0.2) is 0 Å². The Bertz CT molecular complexity index is 540. The maximum Gasteiger partial charge on any atom is 0.327 e. The standard InChI is InChI=1S/C12H10N2.C3H4O2.C2H5N/c1-3-7-11(8-4-1)13-14-12-9-5-2-6-10-12;1-2-3(4)5;1-2-3/h1-10H;2H,1H2,(H,4,5);2H,1,3H2. The number of carbonyl (C=O) groups is 1. The quantitative estimate of drug-likeness (QED) is 0.648. The molecule has 0 saturated heterocycles. The fourth-order valence-electron chi connectivity index (χ4n) is 1.10. The summed E-state index contributed by atoms with van der Waals surface area (Å²) in [6, 6.07) is 19.4. The molecule has 114 valence electrons. The molecule has 0 aliphatic carbocycles. The molecule has 0 unspecified atom stereocenters. The van der Waals surface area contributed by atoms with E-state index in [1.54, 1.807) is 0 Å². The second kappa shape index (κ2) is 12.8. The van der Waals surface area contributed by atoms with Crippen LogP contribution in [0, 0.1) is 0 Å². The van der Waals surface area contributed by atoms with Gasteiger partial charge in [-0.05, 0) is 30.5 Å². The lowest BCUT2D eigenvalue weighted by Gasteiger charge is -1.91. The number of carboxylic acids is 1. The highest BCUT2D eigenvalue weighted by molar-refractivity contribution is 5.78. The van der Waals surface area contributed by atoms with Crippen LogP contribution >= 0.6 is 0 Å². The average Bonchev–Trinajstić information content (AvgIpc) is 2.56. The number of hydrogen-bond donors (Lipinski definition) is 2. The van der Waals surface area contributed by atoms with Crippen LogP contribution in [0.1, 0.15) is 0 Å². The average molecular weight is 297 g/mol. The molecule has 0 spiro atoms. The third kappa shape index (κ3) is 10.7. The van der Waals surface area contributed by atoms with Crippen molar-refractivity contribution in [3.05, 3.63) is 86.1 Å². The topological polar surface area (TPSA) is 88.0 Å². The molecule has 0 atom stereocenters. The molecular formula is C17H19N3O2. The second-order valence-corrected chi connectivity index (χ2v) is 3.65. The molecule has 22 heavy (non-hydrogen) atoms. The van der Waals surface area contributed by atoms with E-state index in [2.05, 4.69) is 29.1 Å². The summed E-state index contributed by atoms with van der Waals surface area (Å²) in [6.45, 7) is 6.10. The SMILES string of the molecule is C=CC(=O)O.C=CN.c1ccc(N=Nc2ccccc2)cc1. The van der Waals surface area contributed by atoms with Crippen molar-refractivity contribution in [1.29, 1.82) is 0 Å². The maximum absolute atomic E-state index is 9.25. The first kappa shape index (κ1) is 18.8. The number of aliphatic carboxylic acids is 1. The molecule has 0 heterocycles. The molecule has 0 aliphatic heterocycles. The van der Waals surface area contributed by atoms with E-state index in [-0.39, 0.29) is 0 Å². The molecule has 0 amide bonds. The van der Waals surface area contributed by atoms with E-state index in [0.717, 1.165) is 17.5 Å². The Hall–Kier alpha value is -3.21. The lowest BCUT2D eigenvalue weighted by molar-refractivity contribution is -0.131. The van der Waals surface area contributed by atoms with Crippen molar-refractivity contribution < 1.29 is 9.90 Å². The lowest BCUT2D eigenvalue weighted by Crippen LogP contribution is -1.82. The van der Waals surface area contributed by atoms with Crippen LogP contribution in [0.15, 0.2) is 96.3 Å². The summed E-state index contributed by atoms with van der Waals surface area (Å²) in [5, 5.41) is 15.8. The summed E-state index contributed by atoms with van der Waals surface area (Å²) in [5.41, 5.74) is 6.35. The molecular weight excluding hydrogens is 278 g/mol. The molecule has 2 aromatic rings. The molecule has 5 nitrogen and oxygen atoms in total. The summed E-state index contributed by atoms with van der Waals surface area (Å²) in [5.74, 6) is -0.981. The Balaban J connectivity index is 0.000000465. The highest BCUT2D eigenvalue weighted by atomic mass is 16.4. The number of hydrogen-bond acceptors (Lipinski definition) is 4. The monoisotopic (exact) mass is 297 g/mol. The van der Waals surface area contributed by atoms with E-state index in [1.807, 2.05) is 60.7 Å². The first-order valence-corrected chi connectivity index (χ1v) is 6.33. The van der Waals surface area contributed by atoms with Crippen molar-refractivity contribution in [2.24, 2.45) is 16.0 Å². The number of nitrogens with zero attached hydrogens (tertiary/aromatic N) is 2. The third-order valence-electron chi connectivity index (χ3n) is 1.97. The molecule has 0 aromatic heterocycles. The minimum atomic E-state index is -0.981. The van der Waals surface area contributed by atoms with Gasteiger partial charge in [-0.1, -0.05) is 49.6 Å². The van der Waals surface area contributed by atoms with Gasteiger partial charge in [-0.3, -0.25) is 0 Å². The van der Waals surface area contributed by atoms with Gasteiger partial charge in [-0.15, -0.1) is 0 Å². The van der Waals surface area contributed by atoms with Crippen molar-refractivity contribution in [1.82, 2.24) is 0 Å². The number of carboxylic acid groups (broad SMARTS) is 1. The summed E-state index contributed by atoms with van der Waals surface area (Å²) in [6.07, 6.45) is 2.08. The van der Waals surface area contributed by atoms with Gasteiger partial charge < -0.3 is 10.8 Å². The Morgan fingerprint density at radius 1 is 0.909 bits per heavy atom. The molecule has 2 rings (SSSR count). The fraction of sp³-hybridized carbons (Fsp3) is 0. The summed E-state index contributed by atoms with van der Waals surface area (Å²) in [4.78, 5) is 9.25. The number of nitrogens with two attached hydrogens (primary N) is 1. The van der Waals surface area contributed by atoms with Crippen molar-refractivity contribution in [3.63, 3.8) is 0 Å². The first-order chi connectivity index (χ1) is 10.6. The predicted octanol–water partition coefficient (Wildman–Crippen LogP) is 4.45. The smallest absolute Gasteiger partial charge is 0.327 e. The molecule has 0 aliphatic rings. The summed E-state index contributed by atoms with van der Waals surface area (Å²) in [7, 11) is 0. The van der Waals surface area contributed by atoms with Gasteiger partial charge in [0.25, 0.3) is 0 Å². The number of benzene rings is 2. The van der Waals surface area contributed by atoms with Crippen LogP contribution in [0.25, 0.3) is 0 Å². The zero-order chi connectivity index (χ0) is 16.6. The summed E-state index contributed by atoms with van der Waals surface area (Å²) >= 11 is 0. The van der Waals surface area contributed by atoms with Crippen molar-refractivity contribution in [2.45, 2.75) is 0 Å². The van der Waals surface area contributed by atoms with Crippen LogP contribution in [0.4, 0.5) is 11.4 Å². The second-order valence-electron chi connectivity index (χ2n) is 3.65. The van der Waals surface area contributed by atoms with Crippen LogP contribution in [-0.2, 0) is 4.79 Å². The minimum Gasteiger partial charge on any atom is -0.478 e. The first-order valence-electron chi connectivity index (χ1n) is 6.33. The third-order valence-corrected chi connectivity index (χ3v) is 1.97. The van der Waals surface area contributed by atoms with E-state index in [9.17, 15) is 4.79 Å². The normalized spacial score (nSPS) is 8.73. The number of rotatable bonds is 3. The molecule has 0 radical (unpaired) electrons. The molecule has 5 heteroatoms. The molecule has 0 bridgehead atoms. The minimum absolute atomic E-state index is 0.833. The maximum atomic E-state index is 9.25. The van der Waals surface area contributed by atoms with Crippen LogP contribution in [0.5, 0.6) is 0 Å². The van der Waals surface area contributed by atoms with E-state index in [1.165, 1.54) is 6.20 Å². The highest BCUT2D eigenvalue weighted by Gasteiger charge is 1.86. The van der Waals surface area contributed by atoms with Gasteiger partial charge in [0.05, 0.1) is 11.4 Å². The van der Waals surface area contributed by atoms with E-state index >= 15 is 0 Å². The van der Waals surface area contributed by atoms with E-state index < -0.39 is 5.97 Å². The Labute approximate surface area is 130 Å². The van der Waals surface area contributed by atoms with Crippen LogP contribution in [0.2, 0.25) is 0 Å². The van der Waals surface area contributed by atoms with Gasteiger partial charge in [-0.2, -0.15) is 10.2 Å². The van der Waals surface area contributed by atoms with Crippen molar-refractivity contribution in [2.75, 3.05) is 0 Å². The van der Waals surface area contributed by atoms with Crippen LogP contribution in [0.3, 0.4) is 0 Å². The van der Waals surface area contributed by atoms with Gasteiger partial charge in [-0.25, -0.2) is 4.79 Å². The highest BCUT2D eigenvalue weighted by Crippen LogP contribution is 2.16. The van der Waals surface area contributed by atoms with Gasteiger partial charge >= 0.3 is 5.97 Å². The Morgan fingerprint density at radius 3 is 1.41 bits per heavy atom. The summed E-state index contributed by atoms with van der Waals surface area (Å²) < 4.78 is 0. The number of azo groups is 1. The molecule has 0 saturated carbocycles. The van der Waals surface area contributed by atoms with E-state index in [0.29, 0.717) is 0 Å². The molecule has 2 aromatic carbocycles. The Morgan fingerprint density at radius 2 is 1.18 bits per heavy atom. The van der Waals surface area contributed by atoms with Crippen molar-refractivity contribution >= 4 is 17.3 Å². The zero-order valence-electron chi connectivity index (χ0n) is 12.2. The lowest BCUT2D eigenvalue weighted by atomic mass is 10.3. The largest absolute Gasteiger partial charge is 0.478 e. The zero-order valence-corrected chi connectivity index (χ0v) is 12.2. The van der Waals surface area contributed by atoms with Crippen LogP contribution < -0.4 is 5.73 Å². The van der Waals surface area contributed by atoms with Crippen LogP contribution in [-0.4, -0.2) is 11.1 Å². The van der Waals surface area contributed by atoms with Gasteiger partial charge in [0.1, 0.15) is 0 Å². The predicted molar refractivity (Wildman–Crippen MR) is 89.3 cm³/mol.